The second-order valence-electron chi connectivity index (χ2n) is 8.73. The first-order valence-electron chi connectivity index (χ1n) is 11.6. The van der Waals surface area contributed by atoms with Gasteiger partial charge in [-0.25, -0.2) is 4.79 Å². The number of aliphatic hydroxyl groups is 1. The van der Waals surface area contributed by atoms with Crippen molar-refractivity contribution in [3.05, 3.63) is 83.9 Å². The summed E-state index contributed by atoms with van der Waals surface area (Å²) in [5.74, 6) is 0. The van der Waals surface area contributed by atoms with E-state index in [1.807, 2.05) is 60.7 Å². The normalized spacial score (nSPS) is 17.8. The van der Waals surface area contributed by atoms with Crippen molar-refractivity contribution in [2.75, 3.05) is 18.6 Å². The smallest absolute Gasteiger partial charge is 0.335 e. The van der Waals surface area contributed by atoms with Crippen molar-refractivity contribution in [3.8, 4) is 0 Å². The number of halogens is 2. The van der Waals surface area contributed by atoms with Crippen LogP contribution in [0.2, 0.25) is 0 Å². The quantitative estimate of drug-likeness (QED) is 0.252. The predicted octanol–water partition coefficient (Wildman–Crippen LogP) is 4.69. The minimum absolute atomic E-state index is 0.0387. The number of carbonyl (C=O) groups excluding carboxylic acids is 1. The van der Waals surface area contributed by atoms with Gasteiger partial charge in [0.2, 0.25) is 0 Å². The van der Waals surface area contributed by atoms with Crippen LogP contribution in [-0.2, 0) is 17.5 Å². The molecule has 1 fully saturated rings. The first-order chi connectivity index (χ1) is 17.0. The molecule has 0 aliphatic carbocycles. The Hall–Kier alpha value is -2.23. The molecule has 0 aromatic heterocycles. The van der Waals surface area contributed by atoms with Crippen LogP contribution in [0.15, 0.2) is 72.8 Å². The maximum absolute atomic E-state index is 14.1. The topological polar surface area (TPSA) is 101 Å². The Kier molecular flexibility index (Phi) is 10.1. The average Bonchev–Trinajstić information content (AvgIpc) is 3.12. The fourth-order valence-corrected chi connectivity index (χ4v) is 5.69. The zero-order valence-electron chi connectivity index (χ0n) is 19.7. The molecule has 2 aromatic rings. The first kappa shape index (κ1) is 28.3. The minimum Gasteiger partial charge on any atom is -0.389 e. The number of nitrogens with zero attached hydrogens (tertiary/aromatic N) is 2. The van der Waals surface area contributed by atoms with Gasteiger partial charge in [0.25, 0.3) is 5.25 Å². The lowest BCUT2D eigenvalue weighted by atomic mass is 10.1. The number of carbonyl (C=O) groups is 1. The Morgan fingerprint density at radius 3 is 2.31 bits per heavy atom. The van der Waals surface area contributed by atoms with Gasteiger partial charge in [-0.1, -0.05) is 84.6 Å². The third-order valence-corrected chi connectivity index (χ3v) is 8.18. The summed E-state index contributed by atoms with van der Waals surface area (Å²) in [5.41, 5.74) is 0.952. The van der Waals surface area contributed by atoms with E-state index in [1.54, 1.807) is 17.1 Å². The summed E-state index contributed by atoms with van der Waals surface area (Å²) in [6, 6.07) is 18.3. The van der Waals surface area contributed by atoms with Crippen LogP contribution in [0.5, 0.6) is 0 Å². The molecule has 1 unspecified atom stereocenters. The maximum atomic E-state index is 14.1. The van der Waals surface area contributed by atoms with Crippen molar-refractivity contribution in [2.24, 2.45) is 0 Å². The van der Waals surface area contributed by atoms with Crippen LogP contribution in [0.1, 0.15) is 24.0 Å². The molecule has 0 bridgehead atoms. The van der Waals surface area contributed by atoms with Gasteiger partial charge in [-0.3, -0.25) is 4.57 Å². The zero-order chi connectivity index (χ0) is 26.2. The fourth-order valence-electron chi connectivity index (χ4n) is 3.97. The number of thioether (sulfide) groups is 1. The monoisotopic (exact) mass is 540 g/mol. The van der Waals surface area contributed by atoms with Crippen LogP contribution in [0.3, 0.4) is 0 Å². The van der Waals surface area contributed by atoms with Crippen molar-refractivity contribution in [1.29, 1.82) is 0 Å². The van der Waals surface area contributed by atoms with Gasteiger partial charge in [-0.2, -0.15) is 8.78 Å². The molecule has 3 rings (SSSR count). The third-order valence-electron chi connectivity index (χ3n) is 5.69. The van der Waals surface area contributed by atoms with Crippen LogP contribution < -0.4 is 0 Å². The standard InChI is InChI=1S/C25H31F2N2O5PS/c26-25(27,36-19-35(32,33)34)14-7-15-29-22(12-13-23(30)16-20-8-3-1-4-9-20)18-28(24(29)31)17-21-10-5-2-6-11-21/h1-6,8-13,22-23,30H,7,14-19H2,(H2,32,33,34)/b13-12+/t22-,23?/m0/s1. The molecule has 1 aliphatic heterocycles. The zero-order valence-corrected chi connectivity index (χ0v) is 21.4. The number of hydrogen-bond donors (Lipinski definition) is 3. The van der Waals surface area contributed by atoms with Gasteiger partial charge >= 0.3 is 13.6 Å². The number of rotatable bonds is 13. The van der Waals surface area contributed by atoms with E-state index in [2.05, 4.69) is 0 Å². The van der Waals surface area contributed by atoms with Gasteiger partial charge in [0.1, 0.15) is 5.49 Å². The van der Waals surface area contributed by atoms with Gasteiger partial charge in [0.05, 0.1) is 12.1 Å². The molecule has 1 aliphatic rings. The van der Waals surface area contributed by atoms with Gasteiger partial charge in [0, 0.05) is 32.5 Å². The molecule has 1 heterocycles. The average molecular weight is 541 g/mol. The van der Waals surface area contributed by atoms with E-state index in [-0.39, 0.29) is 30.8 Å². The Morgan fingerprint density at radius 2 is 1.69 bits per heavy atom. The number of urea groups is 1. The van der Waals surface area contributed by atoms with Crippen molar-refractivity contribution < 1.29 is 33.0 Å². The molecule has 7 nitrogen and oxygen atoms in total. The molecule has 196 valence electrons. The lowest BCUT2D eigenvalue weighted by Gasteiger charge is -2.23. The van der Waals surface area contributed by atoms with E-state index in [4.69, 9.17) is 9.79 Å². The summed E-state index contributed by atoms with van der Waals surface area (Å²) >= 11 is -0.0702. The Bertz CT molecular complexity index is 1050. The number of amides is 2. The third kappa shape index (κ3) is 9.33. The maximum Gasteiger partial charge on any atom is 0.335 e. The fraction of sp³-hybridized carbons (Fsp3) is 0.400. The molecular weight excluding hydrogens is 509 g/mol. The molecule has 0 radical (unpaired) electrons. The molecule has 2 aromatic carbocycles. The van der Waals surface area contributed by atoms with E-state index in [0.29, 0.717) is 19.5 Å². The van der Waals surface area contributed by atoms with Crippen LogP contribution in [0.25, 0.3) is 0 Å². The summed E-state index contributed by atoms with van der Waals surface area (Å²) in [6.45, 7) is 0.785. The Balaban J connectivity index is 1.64. The molecular formula is C25H31F2N2O5PS. The van der Waals surface area contributed by atoms with E-state index < -0.39 is 36.9 Å². The van der Waals surface area contributed by atoms with Crippen molar-refractivity contribution in [1.82, 2.24) is 9.80 Å². The molecule has 3 N–H and O–H groups in total. The van der Waals surface area contributed by atoms with Gasteiger partial charge in [0.15, 0.2) is 0 Å². The van der Waals surface area contributed by atoms with E-state index in [1.165, 1.54) is 4.90 Å². The lowest BCUT2D eigenvalue weighted by Crippen LogP contribution is -2.35. The highest BCUT2D eigenvalue weighted by Crippen LogP contribution is 2.45. The van der Waals surface area contributed by atoms with Crippen LogP contribution >= 0.6 is 19.4 Å². The van der Waals surface area contributed by atoms with Crippen LogP contribution in [0, 0.1) is 0 Å². The van der Waals surface area contributed by atoms with E-state index in [0.717, 1.165) is 11.1 Å². The molecule has 1 saturated heterocycles. The van der Waals surface area contributed by atoms with Gasteiger partial charge < -0.3 is 24.7 Å². The Morgan fingerprint density at radius 1 is 1.08 bits per heavy atom. The van der Waals surface area contributed by atoms with E-state index >= 15 is 0 Å². The molecule has 11 heteroatoms. The largest absolute Gasteiger partial charge is 0.389 e. The number of alkyl halides is 2. The van der Waals surface area contributed by atoms with Crippen molar-refractivity contribution in [3.63, 3.8) is 0 Å². The van der Waals surface area contributed by atoms with E-state index in [9.17, 15) is 23.2 Å². The summed E-state index contributed by atoms with van der Waals surface area (Å²) in [7, 11) is -4.54. The number of benzene rings is 2. The summed E-state index contributed by atoms with van der Waals surface area (Å²) in [4.78, 5) is 34.0. The highest BCUT2D eigenvalue weighted by Gasteiger charge is 2.37. The SMILES string of the molecule is O=C1N(Cc2ccccc2)C[C@H](/C=C/C(O)Cc2ccccc2)N1CCCC(F)(F)SCP(=O)(O)O. The minimum atomic E-state index is -4.54. The highest BCUT2D eigenvalue weighted by molar-refractivity contribution is 8.05. The van der Waals surface area contributed by atoms with Crippen molar-refractivity contribution >= 4 is 25.4 Å². The lowest BCUT2D eigenvalue weighted by molar-refractivity contribution is 0.0893. The Labute approximate surface area is 214 Å². The second-order valence-corrected chi connectivity index (χ2v) is 12.0. The molecule has 36 heavy (non-hydrogen) atoms. The number of hydrogen-bond acceptors (Lipinski definition) is 4. The van der Waals surface area contributed by atoms with Gasteiger partial charge in [-0.15, -0.1) is 0 Å². The van der Waals surface area contributed by atoms with Crippen LogP contribution in [-0.4, -0.2) is 66.7 Å². The van der Waals surface area contributed by atoms with Crippen LogP contribution in [0.4, 0.5) is 13.6 Å². The predicted molar refractivity (Wildman–Crippen MR) is 137 cm³/mol. The summed E-state index contributed by atoms with van der Waals surface area (Å²) in [6.07, 6.45) is 2.37. The molecule has 2 amide bonds. The van der Waals surface area contributed by atoms with Crippen molar-refractivity contribution in [2.45, 2.75) is 43.2 Å². The first-order valence-corrected chi connectivity index (χ1v) is 14.4. The molecule has 0 saturated carbocycles. The summed E-state index contributed by atoms with van der Waals surface area (Å²) in [5, 5.41) is 7.14. The molecule has 2 atom stereocenters. The van der Waals surface area contributed by atoms with Gasteiger partial charge in [-0.05, 0) is 17.5 Å². The molecule has 0 spiro atoms. The second kappa shape index (κ2) is 12.8. The number of aliphatic hydroxyl groups excluding tert-OH is 1. The summed E-state index contributed by atoms with van der Waals surface area (Å²) < 4.78 is 39.1. The highest BCUT2D eigenvalue weighted by atomic mass is 32.2.